The number of nitrogens with zero attached hydrogens (tertiary/aromatic N) is 4. The van der Waals surface area contributed by atoms with E-state index in [-0.39, 0.29) is 5.38 Å². The van der Waals surface area contributed by atoms with Crippen LogP contribution >= 0.6 is 11.6 Å². The number of aryl methyl sites for hydroxylation is 1. The van der Waals surface area contributed by atoms with E-state index in [1.807, 2.05) is 0 Å². The highest BCUT2D eigenvalue weighted by Gasteiger charge is 2.25. The van der Waals surface area contributed by atoms with Crippen molar-refractivity contribution in [3.05, 3.63) is 0 Å². The summed E-state index contributed by atoms with van der Waals surface area (Å²) in [5, 5.41) is 14.4. The number of anilines is 1. The summed E-state index contributed by atoms with van der Waals surface area (Å²) in [6.07, 6.45) is 3.83. The summed E-state index contributed by atoms with van der Waals surface area (Å²) < 4.78 is 1.60. The lowest BCUT2D eigenvalue weighted by Crippen LogP contribution is -2.29. The highest BCUT2D eigenvalue weighted by atomic mass is 35.5. The number of alkyl halides is 1. The van der Waals surface area contributed by atoms with Gasteiger partial charge in [-0.1, -0.05) is 11.5 Å². The predicted molar refractivity (Wildman–Crippen MR) is 54.3 cm³/mol. The smallest absolute Gasteiger partial charge is 0.242 e. The summed E-state index contributed by atoms with van der Waals surface area (Å²) in [6, 6.07) is 0. The average molecular weight is 216 g/mol. The number of rotatable bonds is 4. The molecule has 2 rings (SSSR count). The van der Waals surface area contributed by atoms with Crippen molar-refractivity contribution < 1.29 is 0 Å². The Morgan fingerprint density at radius 3 is 2.93 bits per heavy atom. The zero-order chi connectivity index (χ0) is 9.97. The lowest BCUT2D eigenvalue weighted by Gasteiger charge is -2.29. The van der Waals surface area contributed by atoms with Gasteiger partial charge in [-0.25, -0.2) is 4.68 Å². The van der Waals surface area contributed by atoms with E-state index in [9.17, 15) is 0 Å². The Kier molecular flexibility index (Phi) is 2.86. The van der Waals surface area contributed by atoms with Crippen LogP contribution in [-0.2, 0) is 7.05 Å². The van der Waals surface area contributed by atoms with Crippen molar-refractivity contribution in [3.8, 4) is 0 Å². The monoisotopic (exact) mass is 215 g/mol. The van der Waals surface area contributed by atoms with Crippen molar-refractivity contribution in [3.63, 3.8) is 0 Å². The maximum atomic E-state index is 6.21. The minimum Gasteiger partial charge on any atom is -0.352 e. The summed E-state index contributed by atoms with van der Waals surface area (Å²) >= 11 is 6.21. The quantitative estimate of drug-likeness (QED) is 0.763. The van der Waals surface area contributed by atoms with E-state index in [4.69, 9.17) is 11.6 Å². The third kappa shape index (κ3) is 1.97. The number of tetrazole rings is 1. The second-order valence-corrected chi connectivity index (χ2v) is 4.27. The average Bonchev–Trinajstić information content (AvgIpc) is 2.44. The first-order valence-corrected chi connectivity index (χ1v) is 5.31. The first kappa shape index (κ1) is 9.71. The van der Waals surface area contributed by atoms with Crippen LogP contribution in [0.5, 0.6) is 0 Å². The van der Waals surface area contributed by atoms with E-state index in [0.717, 1.165) is 6.54 Å². The summed E-state index contributed by atoms with van der Waals surface area (Å²) in [5.41, 5.74) is 0. The van der Waals surface area contributed by atoms with Gasteiger partial charge in [-0.15, -0.1) is 11.6 Å². The van der Waals surface area contributed by atoms with Gasteiger partial charge < -0.3 is 5.32 Å². The van der Waals surface area contributed by atoms with E-state index in [0.29, 0.717) is 11.9 Å². The molecule has 0 aliphatic heterocycles. The van der Waals surface area contributed by atoms with Gasteiger partial charge in [0.15, 0.2) is 0 Å². The zero-order valence-electron chi connectivity index (χ0n) is 8.15. The van der Waals surface area contributed by atoms with Crippen molar-refractivity contribution in [2.24, 2.45) is 13.0 Å². The molecule has 0 aromatic carbocycles. The molecule has 0 bridgehead atoms. The third-order valence-corrected chi connectivity index (χ3v) is 3.25. The van der Waals surface area contributed by atoms with Crippen LogP contribution < -0.4 is 5.32 Å². The third-order valence-electron chi connectivity index (χ3n) is 2.74. The lowest BCUT2D eigenvalue weighted by molar-refractivity contribution is 0.308. The Labute approximate surface area is 87.8 Å². The topological polar surface area (TPSA) is 55.6 Å². The van der Waals surface area contributed by atoms with Gasteiger partial charge in [0, 0.05) is 13.6 Å². The van der Waals surface area contributed by atoms with E-state index in [1.54, 1.807) is 11.7 Å². The van der Waals surface area contributed by atoms with Crippen LogP contribution in [0.4, 0.5) is 5.95 Å². The zero-order valence-corrected chi connectivity index (χ0v) is 8.91. The number of hydrogen-bond donors (Lipinski definition) is 1. The minimum absolute atomic E-state index is 0.195. The van der Waals surface area contributed by atoms with Crippen LogP contribution in [0.1, 0.15) is 19.3 Å². The number of aromatic nitrogens is 4. The molecule has 1 heterocycles. The van der Waals surface area contributed by atoms with Crippen LogP contribution in [0.2, 0.25) is 0 Å². The van der Waals surface area contributed by atoms with Crippen LogP contribution in [0.15, 0.2) is 0 Å². The molecule has 78 valence electrons. The molecule has 1 fully saturated rings. The summed E-state index contributed by atoms with van der Waals surface area (Å²) in [7, 11) is 1.80. The Bertz CT molecular complexity index is 296. The molecule has 6 heteroatoms. The van der Waals surface area contributed by atoms with Crippen molar-refractivity contribution in [2.45, 2.75) is 24.6 Å². The molecule has 1 unspecified atom stereocenters. The standard InChI is InChI=1S/C8H14ClN5/c1-14-8(11-12-13-14)10-5-7(9)6-3-2-4-6/h6-7H,2-5H2,1H3,(H,10,11,13). The van der Waals surface area contributed by atoms with Gasteiger partial charge in [0.1, 0.15) is 0 Å². The van der Waals surface area contributed by atoms with Crippen molar-refractivity contribution >= 4 is 17.5 Å². The predicted octanol–water partition coefficient (Wildman–Crippen LogP) is 1.03. The molecule has 0 spiro atoms. The van der Waals surface area contributed by atoms with E-state index < -0.39 is 0 Å². The number of halogens is 1. The number of nitrogens with one attached hydrogen (secondary N) is 1. The molecule has 0 radical (unpaired) electrons. The van der Waals surface area contributed by atoms with Crippen molar-refractivity contribution in [1.82, 2.24) is 20.2 Å². The molecule has 1 aromatic heterocycles. The number of hydrogen-bond acceptors (Lipinski definition) is 4. The van der Waals surface area contributed by atoms with Gasteiger partial charge in [-0.05, 0) is 29.2 Å². The molecule has 0 amide bonds. The molecule has 0 saturated heterocycles. The molecule has 1 saturated carbocycles. The molecule has 14 heavy (non-hydrogen) atoms. The Morgan fingerprint density at radius 2 is 2.43 bits per heavy atom. The van der Waals surface area contributed by atoms with E-state index in [2.05, 4.69) is 20.8 Å². The molecular formula is C8H14ClN5. The Morgan fingerprint density at radius 1 is 1.64 bits per heavy atom. The van der Waals surface area contributed by atoms with Crippen LogP contribution in [-0.4, -0.2) is 32.1 Å². The first-order chi connectivity index (χ1) is 6.77. The second kappa shape index (κ2) is 4.13. The fourth-order valence-electron chi connectivity index (χ4n) is 1.54. The lowest BCUT2D eigenvalue weighted by atomic mass is 9.83. The fourth-order valence-corrected chi connectivity index (χ4v) is 1.87. The summed E-state index contributed by atoms with van der Waals surface area (Å²) in [4.78, 5) is 0. The maximum Gasteiger partial charge on any atom is 0.242 e. The normalized spacial score (nSPS) is 19.0. The Balaban J connectivity index is 1.79. The van der Waals surface area contributed by atoms with Crippen LogP contribution in [0, 0.1) is 5.92 Å². The molecule has 1 aliphatic rings. The van der Waals surface area contributed by atoms with Crippen molar-refractivity contribution in [1.29, 1.82) is 0 Å². The van der Waals surface area contributed by atoms with Gasteiger partial charge in [0.05, 0.1) is 5.38 Å². The van der Waals surface area contributed by atoms with Crippen LogP contribution in [0.25, 0.3) is 0 Å². The Hall–Kier alpha value is -0.840. The molecule has 1 N–H and O–H groups in total. The second-order valence-electron chi connectivity index (χ2n) is 3.71. The van der Waals surface area contributed by atoms with E-state index in [1.165, 1.54) is 19.3 Å². The SMILES string of the molecule is Cn1nnnc1NCC(Cl)C1CCC1. The van der Waals surface area contributed by atoms with Gasteiger partial charge in [-0.3, -0.25) is 0 Å². The summed E-state index contributed by atoms with van der Waals surface area (Å²) in [5.74, 6) is 1.35. The highest BCUT2D eigenvalue weighted by Crippen LogP contribution is 2.32. The molecule has 1 aliphatic carbocycles. The largest absolute Gasteiger partial charge is 0.352 e. The minimum atomic E-state index is 0.195. The fraction of sp³-hybridized carbons (Fsp3) is 0.875. The molecule has 1 aromatic rings. The highest BCUT2D eigenvalue weighted by molar-refractivity contribution is 6.21. The molecule has 1 atom stereocenters. The van der Waals surface area contributed by atoms with Gasteiger partial charge in [0.2, 0.25) is 5.95 Å². The first-order valence-electron chi connectivity index (χ1n) is 4.87. The van der Waals surface area contributed by atoms with Gasteiger partial charge >= 0.3 is 0 Å². The molecular weight excluding hydrogens is 202 g/mol. The van der Waals surface area contributed by atoms with Crippen LogP contribution in [0.3, 0.4) is 0 Å². The summed E-state index contributed by atoms with van der Waals surface area (Å²) in [6.45, 7) is 0.737. The van der Waals surface area contributed by atoms with E-state index >= 15 is 0 Å². The van der Waals surface area contributed by atoms with Gasteiger partial charge in [0.25, 0.3) is 0 Å². The molecule has 5 nitrogen and oxygen atoms in total. The van der Waals surface area contributed by atoms with Gasteiger partial charge in [-0.2, -0.15) is 0 Å². The maximum absolute atomic E-state index is 6.21. The van der Waals surface area contributed by atoms with Crippen molar-refractivity contribution in [2.75, 3.05) is 11.9 Å².